The van der Waals surface area contributed by atoms with Crippen molar-refractivity contribution in [3.05, 3.63) is 280 Å². The van der Waals surface area contributed by atoms with Crippen molar-refractivity contribution in [1.82, 2.24) is 0 Å². The SMILES string of the molecule is c1ccc2c(c1)NC(c1ccc(-c3ccc4c(c3)C3(c5ccccc5-c5ccccc53)c3ccccc3-4)cc1)c1cc3c(cc1-2)-c1ccccc1C31c2ccccc2-c2ccccc21. The van der Waals surface area contributed by atoms with Gasteiger partial charge < -0.3 is 5.32 Å². The summed E-state index contributed by atoms with van der Waals surface area (Å²) in [5, 5.41) is 4.05. The highest BCUT2D eigenvalue weighted by Crippen LogP contribution is 2.65. The van der Waals surface area contributed by atoms with Crippen LogP contribution in [0.15, 0.2) is 224 Å². The fraction of sp³-hybridized carbons (Fsp3) is 0.0476. The van der Waals surface area contributed by atoms with Gasteiger partial charge in [-0.05, 0) is 135 Å². The third kappa shape index (κ3) is 4.11. The number of nitrogens with one attached hydrogen (secondary N) is 1. The molecule has 2 spiro atoms. The lowest BCUT2D eigenvalue weighted by Crippen LogP contribution is -2.27. The summed E-state index contributed by atoms with van der Waals surface area (Å²) in [4.78, 5) is 0. The molecule has 0 saturated carbocycles. The lowest BCUT2D eigenvalue weighted by Gasteiger charge is -2.34. The monoisotopic (exact) mass is 809 g/mol. The van der Waals surface area contributed by atoms with Gasteiger partial charge >= 0.3 is 0 Å². The van der Waals surface area contributed by atoms with Crippen molar-refractivity contribution in [1.29, 1.82) is 0 Å². The Hall–Kier alpha value is -8.00. The van der Waals surface area contributed by atoms with Crippen molar-refractivity contribution in [2.45, 2.75) is 16.9 Å². The van der Waals surface area contributed by atoms with Gasteiger partial charge in [-0.3, -0.25) is 0 Å². The summed E-state index contributed by atoms with van der Waals surface area (Å²) < 4.78 is 0. The van der Waals surface area contributed by atoms with Crippen LogP contribution in [0.1, 0.15) is 61.7 Å². The molecule has 1 unspecified atom stereocenters. The largest absolute Gasteiger partial charge is 0.374 e. The first-order valence-electron chi connectivity index (χ1n) is 22.6. The second-order valence-electron chi connectivity index (χ2n) is 18.3. The van der Waals surface area contributed by atoms with Crippen molar-refractivity contribution in [3.8, 4) is 66.8 Å². The predicted molar refractivity (Wildman–Crippen MR) is 262 cm³/mol. The maximum absolute atomic E-state index is 4.05. The van der Waals surface area contributed by atoms with E-state index >= 15 is 0 Å². The molecule has 0 amide bonds. The van der Waals surface area contributed by atoms with E-state index in [4.69, 9.17) is 0 Å². The molecule has 15 rings (SSSR count). The molecule has 1 N–H and O–H groups in total. The van der Waals surface area contributed by atoms with Gasteiger partial charge in [0.05, 0.1) is 16.9 Å². The van der Waals surface area contributed by atoms with Gasteiger partial charge in [0, 0.05) is 11.3 Å². The Labute approximate surface area is 373 Å². The van der Waals surface area contributed by atoms with E-state index in [0.29, 0.717) is 0 Å². The molecule has 5 aliphatic rings. The predicted octanol–water partition coefficient (Wildman–Crippen LogP) is 15.2. The molecule has 10 aromatic rings. The van der Waals surface area contributed by atoms with E-state index in [9.17, 15) is 0 Å². The van der Waals surface area contributed by atoms with Crippen molar-refractivity contribution < 1.29 is 0 Å². The Morgan fingerprint density at radius 3 is 1.12 bits per heavy atom. The molecule has 1 atom stereocenters. The first-order chi connectivity index (χ1) is 31.7. The fourth-order valence-electron chi connectivity index (χ4n) is 13.1. The Morgan fingerprint density at radius 1 is 0.266 bits per heavy atom. The summed E-state index contributed by atoms with van der Waals surface area (Å²) >= 11 is 0. The van der Waals surface area contributed by atoms with E-state index in [-0.39, 0.29) is 11.5 Å². The van der Waals surface area contributed by atoms with Crippen LogP contribution in [0, 0.1) is 0 Å². The van der Waals surface area contributed by atoms with Crippen LogP contribution < -0.4 is 5.32 Å². The highest BCUT2D eigenvalue weighted by Gasteiger charge is 2.53. The molecular formula is C63H39N. The van der Waals surface area contributed by atoms with Crippen molar-refractivity contribution >= 4 is 5.69 Å². The van der Waals surface area contributed by atoms with E-state index in [0.717, 1.165) is 0 Å². The third-order valence-corrected chi connectivity index (χ3v) is 15.6. The maximum atomic E-state index is 4.05. The van der Waals surface area contributed by atoms with E-state index in [1.165, 1.54) is 128 Å². The van der Waals surface area contributed by atoms with E-state index in [1.54, 1.807) is 0 Å². The zero-order valence-corrected chi connectivity index (χ0v) is 34.9. The van der Waals surface area contributed by atoms with Crippen LogP contribution in [-0.4, -0.2) is 0 Å². The molecule has 1 heterocycles. The van der Waals surface area contributed by atoms with Crippen LogP contribution in [0.5, 0.6) is 0 Å². The Morgan fingerprint density at radius 2 is 0.641 bits per heavy atom. The van der Waals surface area contributed by atoms with Crippen LogP contribution in [0.4, 0.5) is 5.69 Å². The molecule has 0 bridgehead atoms. The van der Waals surface area contributed by atoms with Gasteiger partial charge in [-0.25, -0.2) is 0 Å². The van der Waals surface area contributed by atoms with E-state index in [1.807, 2.05) is 0 Å². The summed E-state index contributed by atoms with van der Waals surface area (Å²) in [7, 11) is 0. The van der Waals surface area contributed by atoms with Gasteiger partial charge in [-0.2, -0.15) is 0 Å². The van der Waals surface area contributed by atoms with Crippen molar-refractivity contribution in [3.63, 3.8) is 0 Å². The zero-order chi connectivity index (χ0) is 41.7. The molecule has 296 valence electrons. The van der Waals surface area contributed by atoms with Gasteiger partial charge in [-0.1, -0.05) is 206 Å². The smallest absolute Gasteiger partial charge is 0.0773 e. The van der Waals surface area contributed by atoms with Gasteiger partial charge in [0.2, 0.25) is 0 Å². The van der Waals surface area contributed by atoms with Crippen LogP contribution in [-0.2, 0) is 10.8 Å². The minimum Gasteiger partial charge on any atom is -0.374 e. The fourth-order valence-corrected chi connectivity index (χ4v) is 13.1. The molecule has 1 nitrogen and oxygen atoms in total. The first-order valence-corrected chi connectivity index (χ1v) is 22.6. The van der Waals surface area contributed by atoms with Crippen LogP contribution in [0.2, 0.25) is 0 Å². The molecule has 0 fully saturated rings. The number of para-hydroxylation sites is 1. The Kier molecular flexibility index (Phi) is 6.67. The molecule has 1 heteroatoms. The molecule has 1 aliphatic heterocycles. The average molecular weight is 810 g/mol. The number of hydrogen-bond donors (Lipinski definition) is 1. The summed E-state index contributed by atoms with van der Waals surface area (Å²) in [6, 6.07) is 85.0. The van der Waals surface area contributed by atoms with Crippen LogP contribution in [0.3, 0.4) is 0 Å². The van der Waals surface area contributed by atoms with E-state index < -0.39 is 5.41 Å². The third-order valence-electron chi connectivity index (χ3n) is 15.6. The zero-order valence-electron chi connectivity index (χ0n) is 34.9. The second-order valence-corrected chi connectivity index (χ2v) is 18.3. The second kappa shape index (κ2) is 12.3. The number of benzene rings is 10. The summed E-state index contributed by atoms with van der Waals surface area (Å²) in [6.45, 7) is 0. The molecule has 0 aromatic heterocycles. The number of anilines is 1. The van der Waals surface area contributed by atoms with Crippen molar-refractivity contribution in [2.75, 3.05) is 5.32 Å². The summed E-state index contributed by atoms with van der Waals surface area (Å²) in [6.07, 6.45) is 0. The number of rotatable bonds is 2. The molecule has 64 heavy (non-hydrogen) atoms. The topological polar surface area (TPSA) is 12.0 Å². The number of fused-ring (bicyclic) bond motifs is 23. The minimum absolute atomic E-state index is 0.0406. The molecule has 4 aliphatic carbocycles. The summed E-state index contributed by atoms with van der Waals surface area (Å²) in [5.41, 5.74) is 29.6. The lowest BCUT2D eigenvalue weighted by atomic mass is 9.69. The van der Waals surface area contributed by atoms with Crippen LogP contribution >= 0.6 is 0 Å². The standard InChI is InChI=1S/C63H39N/c1-8-22-52-41(15-1)42-16-2-9-23-53(42)62(52)56-26-12-5-19-45(56)47-34-33-40(35-58(47)62)38-29-31-39(32-30-38)61-51-37-59-50(36-49(51)48-21-7-14-28-60(48)64-61)46-20-6-13-27-57(46)63(59)54-24-10-3-17-43(54)44-18-4-11-25-55(44)63/h1-37,61,64H. The molecule has 0 radical (unpaired) electrons. The summed E-state index contributed by atoms with van der Waals surface area (Å²) in [5.74, 6) is 0. The Bertz CT molecular complexity index is 3550. The highest BCUT2D eigenvalue weighted by atomic mass is 14.9. The van der Waals surface area contributed by atoms with Gasteiger partial charge in [0.15, 0.2) is 0 Å². The molecular weight excluding hydrogens is 771 g/mol. The number of hydrogen-bond acceptors (Lipinski definition) is 1. The average Bonchev–Trinajstić information content (AvgIpc) is 4.04. The molecule has 0 saturated heterocycles. The highest BCUT2D eigenvalue weighted by molar-refractivity contribution is 5.99. The Balaban J connectivity index is 0.895. The lowest BCUT2D eigenvalue weighted by molar-refractivity contribution is 0.788. The van der Waals surface area contributed by atoms with Crippen LogP contribution in [0.25, 0.3) is 66.8 Å². The minimum atomic E-state index is -0.398. The van der Waals surface area contributed by atoms with E-state index in [2.05, 4.69) is 230 Å². The maximum Gasteiger partial charge on any atom is 0.0773 e. The van der Waals surface area contributed by atoms with Gasteiger partial charge in [-0.15, -0.1) is 0 Å². The quantitative estimate of drug-likeness (QED) is 0.183. The van der Waals surface area contributed by atoms with Gasteiger partial charge in [0.1, 0.15) is 0 Å². The van der Waals surface area contributed by atoms with Crippen molar-refractivity contribution in [2.24, 2.45) is 0 Å². The normalized spacial score (nSPS) is 16.0. The molecule has 10 aromatic carbocycles. The first kappa shape index (κ1) is 34.6. The van der Waals surface area contributed by atoms with Gasteiger partial charge in [0.25, 0.3) is 0 Å².